The number of aryl methyl sites for hydroxylation is 1. The van der Waals surface area contributed by atoms with Crippen LogP contribution in [-0.2, 0) is 18.5 Å². The van der Waals surface area contributed by atoms with Gasteiger partial charge in [0.1, 0.15) is 5.75 Å². The second-order valence-corrected chi connectivity index (χ2v) is 6.60. The van der Waals surface area contributed by atoms with Crippen molar-refractivity contribution in [3.63, 3.8) is 0 Å². The standard InChI is InChI=1S/C20H23NO/c1-21-14-16-10-11-17(22-2)13-19(16)20(21)12-6-5-8-15-7-3-4-9-18(15)20/h3-4,7,9-11,13H,5-6,8,12,14H2,1-2H3. The Morgan fingerprint density at radius 3 is 2.73 bits per heavy atom. The molecule has 1 atom stereocenters. The highest BCUT2D eigenvalue weighted by Gasteiger charge is 2.46. The topological polar surface area (TPSA) is 12.5 Å². The van der Waals surface area contributed by atoms with Crippen LogP contribution in [0.3, 0.4) is 0 Å². The van der Waals surface area contributed by atoms with Crippen molar-refractivity contribution in [2.75, 3.05) is 14.2 Å². The van der Waals surface area contributed by atoms with Gasteiger partial charge in [0.05, 0.1) is 12.6 Å². The lowest BCUT2D eigenvalue weighted by Gasteiger charge is -2.38. The molecule has 22 heavy (non-hydrogen) atoms. The summed E-state index contributed by atoms with van der Waals surface area (Å²) < 4.78 is 5.51. The van der Waals surface area contributed by atoms with Crippen molar-refractivity contribution >= 4 is 0 Å². The third kappa shape index (κ3) is 1.83. The molecule has 0 saturated carbocycles. The van der Waals surface area contributed by atoms with Crippen molar-refractivity contribution < 1.29 is 4.74 Å². The number of hydrogen-bond donors (Lipinski definition) is 0. The van der Waals surface area contributed by atoms with Gasteiger partial charge < -0.3 is 4.74 Å². The fourth-order valence-electron chi connectivity index (χ4n) is 4.45. The zero-order valence-electron chi connectivity index (χ0n) is 13.4. The normalized spacial score (nSPS) is 23.9. The van der Waals surface area contributed by atoms with Crippen molar-refractivity contribution in [2.24, 2.45) is 0 Å². The summed E-state index contributed by atoms with van der Waals surface area (Å²) in [7, 11) is 4.03. The van der Waals surface area contributed by atoms with E-state index in [0.29, 0.717) is 0 Å². The van der Waals surface area contributed by atoms with E-state index in [4.69, 9.17) is 4.74 Å². The quantitative estimate of drug-likeness (QED) is 0.784. The van der Waals surface area contributed by atoms with Crippen LogP contribution in [0.5, 0.6) is 5.75 Å². The van der Waals surface area contributed by atoms with Crippen LogP contribution < -0.4 is 4.74 Å². The molecular weight excluding hydrogens is 270 g/mol. The molecule has 2 aromatic carbocycles. The number of nitrogens with zero attached hydrogens (tertiary/aromatic N) is 1. The van der Waals surface area contributed by atoms with Gasteiger partial charge in [-0.3, -0.25) is 4.90 Å². The van der Waals surface area contributed by atoms with Crippen molar-refractivity contribution in [1.82, 2.24) is 4.90 Å². The molecule has 0 amide bonds. The van der Waals surface area contributed by atoms with Crippen LogP contribution >= 0.6 is 0 Å². The zero-order chi connectivity index (χ0) is 15.2. The molecule has 0 bridgehead atoms. The largest absolute Gasteiger partial charge is 0.497 e. The number of benzene rings is 2. The lowest BCUT2D eigenvalue weighted by molar-refractivity contribution is 0.167. The van der Waals surface area contributed by atoms with Crippen molar-refractivity contribution in [3.05, 3.63) is 64.7 Å². The maximum absolute atomic E-state index is 5.51. The van der Waals surface area contributed by atoms with Crippen molar-refractivity contribution in [1.29, 1.82) is 0 Å². The van der Waals surface area contributed by atoms with Gasteiger partial charge in [-0.05, 0) is 60.7 Å². The van der Waals surface area contributed by atoms with Gasteiger partial charge >= 0.3 is 0 Å². The molecule has 1 aliphatic heterocycles. The Morgan fingerprint density at radius 2 is 1.86 bits per heavy atom. The molecule has 4 rings (SSSR count). The first-order valence-electron chi connectivity index (χ1n) is 8.23. The summed E-state index contributed by atoms with van der Waals surface area (Å²) in [6, 6.07) is 15.6. The first-order valence-corrected chi connectivity index (χ1v) is 8.23. The first kappa shape index (κ1) is 13.8. The van der Waals surface area contributed by atoms with Gasteiger partial charge in [0.25, 0.3) is 0 Å². The van der Waals surface area contributed by atoms with E-state index in [-0.39, 0.29) is 5.54 Å². The van der Waals surface area contributed by atoms with Crippen LogP contribution in [0.1, 0.15) is 41.5 Å². The molecule has 2 aliphatic rings. The Morgan fingerprint density at radius 1 is 1.00 bits per heavy atom. The molecular formula is C20H23NO. The second-order valence-electron chi connectivity index (χ2n) is 6.60. The Hall–Kier alpha value is -1.80. The van der Waals surface area contributed by atoms with Crippen LogP contribution in [0.2, 0.25) is 0 Å². The lowest BCUT2D eigenvalue weighted by Crippen LogP contribution is -2.39. The minimum absolute atomic E-state index is 0.0248. The van der Waals surface area contributed by atoms with Gasteiger partial charge in [0.15, 0.2) is 0 Å². The summed E-state index contributed by atoms with van der Waals surface area (Å²) >= 11 is 0. The number of hydrogen-bond acceptors (Lipinski definition) is 2. The highest BCUT2D eigenvalue weighted by molar-refractivity contribution is 5.52. The summed E-state index contributed by atoms with van der Waals surface area (Å²) in [5.41, 5.74) is 5.94. The van der Waals surface area contributed by atoms with Crippen LogP contribution in [0.25, 0.3) is 0 Å². The van der Waals surface area contributed by atoms with Crippen molar-refractivity contribution in [2.45, 2.75) is 37.8 Å². The molecule has 0 radical (unpaired) electrons. The van der Waals surface area contributed by atoms with Crippen LogP contribution in [0.4, 0.5) is 0 Å². The summed E-state index contributed by atoms with van der Waals surface area (Å²) in [5, 5.41) is 0. The average molecular weight is 293 g/mol. The third-order valence-electron chi connectivity index (χ3n) is 5.52. The van der Waals surface area contributed by atoms with E-state index in [1.165, 1.54) is 47.9 Å². The SMILES string of the molecule is COc1ccc2c(c1)C1(CCCCc3ccccc31)N(C)C2. The molecule has 0 saturated heterocycles. The summed E-state index contributed by atoms with van der Waals surface area (Å²) in [6.45, 7) is 1.02. The molecule has 0 N–H and O–H groups in total. The lowest BCUT2D eigenvalue weighted by atomic mass is 9.78. The van der Waals surface area contributed by atoms with Gasteiger partial charge in [-0.1, -0.05) is 36.8 Å². The van der Waals surface area contributed by atoms with E-state index < -0.39 is 0 Å². The minimum atomic E-state index is 0.0248. The van der Waals surface area contributed by atoms with Gasteiger partial charge in [0, 0.05) is 6.54 Å². The van der Waals surface area contributed by atoms with E-state index in [0.717, 1.165) is 12.3 Å². The molecule has 0 aromatic heterocycles. The van der Waals surface area contributed by atoms with Crippen LogP contribution in [0.15, 0.2) is 42.5 Å². The summed E-state index contributed by atoms with van der Waals surface area (Å²) in [4.78, 5) is 2.54. The smallest absolute Gasteiger partial charge is 0.119 e. The number of methoxy groups -OCH3 is 1. The number of rotatable bonds is 1. The van der Waals surface area contributed by atoms with Crippen LogP contribution in [0, 0.1) is 0 Å². The number of ether oxygens (including phenoxy) is 1. The summed E-state index contributed by atoms with van der Waals surface area (Å²) in [6.07, 6.45) is 4.95. The predicted octanol–water partition coefficient (Wildman–Crippen LogP) is 4.11. The van der Waals surface area contributed by atoms with E-state index in [1.807, 2.05) is 0 Å². The monoisotopic (exact) mass is 293 g/mol. The molecule has 1 unspecified atom stereocenters. The highest BCUT2D eigenvalue weighted by atomic mass is 16.5. The molecule has 2 aromatic rings. The molecule has 2 heteroatoms. The molecule has 1 spiro atoms. The van der Waals surface area contributed by atoms with Crippen molar-refractivity contribution in [3.8, 4) is 5.75 Å². The van der Waals surface area contributed by atoms with Gasteiger partial charge in [-0.25, -0.2) is 0 Å². The first-order chi connectivity index (χ1) is 10.8. The highest BCUT2D eigenvalue weighted by Crippen LogP contribution is 2.50. The average Bonchev–Trinajstić information content (AvgIpc) is 2.71. The minimum Gasteiger partial charge on any atom is -0.497 e. The Balaban J connectivity index is 1.98. The second kappa shape index (κ2) is 5.13. The van der Waals surface area contributed by atoms with Crippen LogP contribution in [-0.4, -0.2) is 19.1 Å². The molecule has 1 aliphatic carbocycles. The Bertz CT molecular complexity index is 709. The predicted molar refractivity (Wildman–Crippen MR) is 89.2 cm³/mol. The van der Waals surface area contributed by atoms with Gasteiger partial charge in [-0.15, -0.1) is 0 Å². The molecule has 1 heterocycles. The number of fused-ring (bicyclic) bond motifs is 4. The zero-order valence-corrected chi connectivity index (χ0v) is 13.4. The Labute approximate surface area is 132 Å². The maximum atomic E-state index is 5.51. The molecule has 114 valence electrons. The molecule has 2 nitrogen and oxygen atoms in total. The third-order valence-corrected chi connectivity index (χ3v) is 5.52. The van der Waals surface area contributed by atoms with E-state index in [2.05, 4.69) is 54.4 Å². The fourth-order valence-corrected chi connectivity index (χ4v) is 4.45. The van der Waals surface area contributed by atoms with Gasteiger partial charge in [0.2, 0.25) is 0 Å². The van der Waals surface area contributed by atoms with E-state index >= 15 is 0 Å². The van der Waals surface area contributed by atoms with Gasteiger partial charge in [-0.2, -0.15) is 0 Å². The Kier molecular flexibility index (Phi) is 3.23. The fraction of sp³-hybridized carbons (Fsp3) is 0.400. The van der Waals surface area contributed by atoms with E-state index in [9.17, 15) is 0 Å². The maximum Gasteiger partial charge on any atom is 0.119 e. The van der Waals surface area contributed by atoms with E-state index in [1.54, 1.807) is 7.11 Å². The summed E-state index contributed by atoms with van der Waals surface area (Å²) in [5.74, 6) is 0.968. The molecule has 0 fully saturated rings.